The average molecular weight is 381 g/mol. The Balaban J connectivity index is 1.73. The van der Waals surface area contributed by atoms with Crippen molar-refractivity contribution in [3.8, 4) is 0 Å². The SMILES string of the molecule is O=C(Nc1ccc(F)cc1)NC1CCCN1S(=O)(=O)c1ccccc1F. The van der Waals surface area contributed by atoms with Gasteiger partial charge < -0.3 is 10.6 Å². The molecule has 2 aromatic carbocycles. The zero-order valence-corrected chi connectivity index (χ0v) is 14.5. The van der Waals surface area contributed by atoms with Gasteiger partial charge in [-0.15, -0.1) is 0 Å². The van der Waals surface area contributed by atoms with Gasteiger partial charge in [0.05, 0.1) is 6.17 Å². The summed E-state index contributed by atoms with van der Waals surface area (Å²) in [5.74, 6) is -1.28. The first-order valence-electron chi connectivity index (χ1n) is 7.97. The molecule has 1 unspecified atom stereocenters. The second kappa shape index (κ2) is 7.38. The van der Waals surface area contributed by atoms with Gasteiger partial charge in [-0.1, -0.05) is 12.1 Å². The molecule has 0 aliphatic carbocycles. The molecule has 0 aromatic heterocycles. The molecule has 6 nitrogen and oxygen atoms in total. The van der Waals surface area contributed by atoms with E-state index in [1.165, 1.54) is 42.5 Å². The highest BCUT2D eigenvalue weighted by atomic mass is 32.2. The number of carbonyl (C=O) groups is 1. The van der Waals surface area contributed by atoms with E-state index in [1.54, 1.807) is 0 Å². The number of anilines is 1. The van der Waals surface area contributed by atoms with Crippen LogP contribution >= 0.6 is 0 Å². The van der Waals surface area contributed by atoms with E-state index in [0.29, 0.717) is 18.5 Å². The van der Waals surface area contributed by atoms with Gasteiger partial charge in [0.25, 0.3) is 0 Å². The van der Waals surface area contributed by atoms with Crippen LogP contribution in [0.4, 0.5) is 19.3 Å². The van der Waals surface area contributed by atoms with Crippen LogP contribution in [0, 0.1) is 11.6 Å². The highest BCUT2D eigenvalue weighted by molar-refractivity contribution is 7.89. The molecule has 0 saturated carbocycles. The summed E-state index contributed by atoms with van der Waals surface area (Å²) >= 11 is 0. The van der Waals surface area contributed by atoms with Gasteiger partial charge >= 0.3 is 6.03 Å². The Morgan fingerprint density at radius 3 is 2.46 bits per heavy atom. The number of carbonyl (C=O) groups excluding carboxylic acids is 1. The third-order valence-corrected chi connectivity index (χ3v) is 5.97. The van der Waals surface area contributed by atoms with E-state index < -0.39 is 38.8 Å². The van der Waals surface area contributed by atoms with Crippen molar-refractivity contribution >= 4 is 21.7 Å². The number of urea groups is 1. The normalized spacial score (nSPS) is 17.8. The highest BCUT2D eigenvalue weighted by Crippen LogP contribution is 2.26. The first-order chi connectivity index (χ1) is 12.4. The number of nitrogens with zero attached hydrogens (tertiary/aromatic N) is 1. The van der Waals surface area contributed by atoms with Crippen LogP contribution in [0.25, 0.3) is 0 Å². The lowest BCUT2D eigenvalue weighted by Gasteiger charge is -2.25. The van der Waals surface area contributed by atoms with Gasteiger partial charge in [-0.2, -0.15) is 4.31 Å². The number of halogens is 2. The maximum atomic E-state index is 13.9. The van der Waals surface area contributed by atoms with E-state index in [4.69, 9.17) is 0 Å². The lowest BCUT2D eigenvalue weighted by molar-refractivity contribution is 0.240. The van der Waals surface area contributed by atoms with Crippen LogP contribution in [0.2, 0.25) is 0 Å². The third-order valence-electron chi connectivity index (χ3n) is 4.03. The lowest BCUT2D eigenvalue weighted by Crippen LogP contribution is -2.48. The van der Waals surface area contributed by atoms with Crippen molar-refractivity contribution in [3.63, 3.8) is 0 Å². The van der Waals surface area contributed by atoms with Crippen molar-refractivity contribution < 1.29 is 22.0 Å². The number of nitrogens with one attached hydrogen (secondary N) is 2. The summed E-state index contributed by atoms with van der Waals surface area (Å²) < 4.78 is 53.3. The van der Waals surface area contributed by atoms with Crippen molar-refractivity contribution in [2.75, 3.05) is 11.9 Å². The van der Waals surface area contributed by atoms with Crippen LogP contribution in [0.3, 0.4) is 0 Å². The second-order valence-electron chi connectivity index (χ2n) is 5.81. The summed E-state index contributed by atoms with van der Waals surface area (Å²) in [4.78, 5) is 11.7. The number of hydrogen-bond acceptors (Lipinski definition) is 3. The van der Waals surface area contributed by atoms with Crippen molar-refractivity contribution in [3.05, 3.63) is 60.2 Å². The molecular weight excluding hydrogens is 364 g/mol. The predicted molar refractivity (Wildman–Crippen MR) is 91.9 cm³/mol. The smallest absolute Gasteiger partial charge is 0.320 e. The summed E-state index contributed by atoms with van der Waals surface area (Å²) in [5.41, 5.74) is 0.366. The first-order valence-corrected chi connectivity index (χ1v) is 9.41. The van der Waals surface area contributed by atoms with Crippen LogP contribution in [0.5, 0.6) is 0 Å². The molecule has 26 heavy (non-hydrogen) atoms. The first kappa shape index (κ1) is 18.3. The molecule has 0 radical (unpaired) electrons. The molecule has 9 heteroatoms. The Labute approximate surface area is 149 Å². The standard InChI is InChI=1S/C17H17F2N3O3S/c18-12-7-9-13(10-8-12)20-17(23)21-16-6-3-11-22(16)26(24,25)15-5-2-1-4-14(15)19/h1-2,4-5,7-10,16H,3,6,11H2,(H2,20,21,23). The molecular formula is C17H17F2N3O3S. The van der Waals surface area contributed by atoms with Gasteiger partial charge in [0.2, 0.25) is 10.0 Å². The molecule has 2 N–H and O–H groups in total. The number of hydrogen-bond donors (Lipinski definition) is 2. The predicted octanol–water partition coefficient (Wildman–Crippen LogP) is 2.90. The zero-order chi connectivity index (χ0) is 18.7. The zero-order valence-electron chi connectivity index (χ0n) is 13.7. The van der Waals surface area contributed by atoms with Gasteiger partial charge in [0, 0.05) is 12.2 Å². The average Bonchev–Trinajstić information content (AvgIpc) is 3.06. The fraction of sp³-hybridized carbons (Fsp3) is 0.235. The Morgan fingerprint density at radius 2 is 1.77 bits per heavy atom. The molecule has 1 heterocycles. The minimum absolute atomic E-state index is 0.179. The maximum Gasteiger partial charge on any atom is 0.320 e. The third kappa shape index (κ3) is 3.83. The van der Waals surface area contributed by atoms with E-state index in [2.05, 4.69) is 10.6 Å². The number of sulfonamides is 1. The van der Waals surface area contributed by atoms with Crippen LogP contribution in [-0.2, 0) is 10.0 Å². The van der Waals surface area contributed by atoms with Gasteiger partial charge in [-0.05, 0) is 49.2 Å². The molecule has 2 aromatic rings. The molecule has 0 bridgehead atoms. The highest BCUT2D eigenvalue weighted by Gasteiger charge is 2.37. The minimum atomic E-state index is -4.08. The number of amides is 2. The number of benzene rings is 2. The Kier molecular flexibility index (Phi) is 5.19. The molecule has 3 rings (SSSR count). The van der Waals surface area contributed by atoms with E-state index >= 15 is 0 Å². The quantitative estimate of drug-likeness (QED) is 0.855. The Bertz CT molecular complexity index is 904. The molecule has 1 atom stereocenters. The summed E-state index contributed by atoms with van der Waals surface area (Å²) in [5, 5.41) is 5.07. The Morgan fingerprint density at radius 1 is 1.08 bits per heavy atom. The van der Waals surface area contributed by atoms with E-state index in [0.717, 1.165) is 10.4 Å². The summed E-state index contributed by atoms with van der Waals surface area (Å²) in [6.07, 6.45) is 0.153. The van der Waals surface area contributed by atoms with Crippen LogP contribution in [-0.4, -0.2) is 31.5 Å². The molecule has 1 saturated heterocycles. The van der Waals surface area contributed by atoms with Gasteiger partial charge in [-0.25, -0.2) is 22.0 Å². The molecule has 1 aliphatic heterocycles. The summed E-state index contributed by atoms with van der Waals surface area (Å²) in [7, 11) is -4.08. The van der Waals surface area contributed by atoms with Crippen molar-refractivity contribution in [1.29, 1.82) is 0 Å². The topological polar surface area (TPSA) is 78.5 Å². The largest absolute Gasteiger partial charge is 0.321 e. The second-order valence-corrected chi connectivity index (χ2v) is 7.67. The van der Waals surface area contributed by atoms with E-state index in [9.17, 15) is 22.0 Å². The molecule has 138 valence electrons. The minimum Gasteiger partial charge on any atom is -0.321 e. The van der Waals surface area contributed by atoms with E-state index in [1.807, 2.05) is 0 Å². The number of rotatable bonds is 4. The maximum absolute atomic E-state index is 13.9. The molecule has 1 aliphatic rings. The van der Waals surface area contributed by atoms with E-state index in [-0.39, 0.29) is 6.54 Å². The molecule has 2 amide bonds. The molecule has 1 fully saturated rings. The fourth-order valence-electron chi connectivity index (χ4n) is 2.80. The van der Waals surface area contributed by atoms with Crippen molar-refractivity contribution in [1.82, 2.24) is 9.62 Å². The van der Waals surface area contributed by atoms with Crippen LogP contribution in [0.15, 0.2) is 53.4 Å². The van der Waals surface area contributed by atoms with Crippen molar-refractivity contribution in [2.45, 2.75) is 23.9 Å². The monoisotopic (exact) mass is 381 g/mol. The molecule has 0 spiro atoms. The fourth-order valence-corrected chi connectivity index (χ4v) is 4.48. The lowest BCUT2D eigenvalue weighted by atomic mass is 10.3. The van der Waals surface area contributed by atoms with Gasteiger partial charge in [-0.3, -0.25) is 0 Å². The summed E-state index contributed by atoms with van der Waals surface area (Å²) in [6.45, 7) is 0.179. The Hall–Kier alpha value is -2.52. The summed E-state index contributed by atoms with van der Waals surface area (Å²) in [6, 6.07) is 9.65. The van der Waals surface area contributed by atoms with Gasteiger partial charge in [0.1, 0.15) is 16.5 Å². The van der Waals surface area contributed by atoms with Crippen LogP contribution < -0.4 is 10.6 Å². The van der Waals surface area contributed by atoms with Crippen molar-refractivity contribution in [2.24, 2.45) is 0 Å². The van der Waals surface area contributed by atoms with Crippen LogP contribution in [0.1, 0.15) is 12.8 Å². The van der Waals surface area contributed by atoms with Gasteiger partial charge in [0.15, 0.2) is 0 Å².